The number of ether oxygens (including phenoxy) is 1. The number of carbonyl (C=O) groups excluding carboxylic acids is 1. The number of halogens is 2. The fourth-order valence-electron chi connectivity index (χ4n) is 1.85. The number of benzene rings is 2. The summed E-state index contributed by atoms with van der Waals surface area (Å²) in [6.45, 7) is -0.599. The van der Waals surface area contributed by atoms with Crippen molar-refractivity contribution >= 4 is 5.78 Å². The quantitative estimate of drug-likeness (QED) is 0.829. The van der Waals surface area contributed by atoms with Crippen molar-refractivity contribution in [2.24, 2.45) is 0 Å². The van der Waals surface area contributed by atoms with Crippen molar-refractivity contribution in [1.82, 2.24) is 0 Å². The monoisotopic (exact) mass is 330 g/mol. The number of rotatable bonds is 6. The Morgan fingerprint density at radius 1 is 1.08 bits per heavy atom. The van der Waals surface area contributed by atoms with Crippen molar-refractivity contribution in [3.8, 4) is 11.8 Å². The lowest BCUT2D eigenvalue weighted by Gasteiger charge is -2.19. The van der Waals surface area contributed by atoms with Gasteiger partial charge in [0.1, 0.15) is 6.10 Å². The fourth-order valence-corrected chi connectivity index (χ4v) is 1.85. The first-order valence-corrected chi connectivity index (χ1v) is 7.29. The molecule has 0 saturated carbocycles. The van der Waals surface area contributed by atoms with Crippen molar-refractivity contribution < 1.29 is 23.4 Å². The van der Waals surface area contributed by atoms with E-state index in [4.69, 9.17) is 4.74 Å². The highest BCUT2D eigenvalue weighted by molar-refractivity contribution is 6.01. The average Bonchev–Trinajstić information content (AvgIpc) is 2.61. The highest BCUT2D eigenvalue weighted by Gasteiger charge is 2.45. The first-order valence-electron chi connectivity index (χ1n) is 7.29. The van der Waals surface area contributed by atoms with Crippen LogP contribution in [0.5, 0.6) is 0 Å². The predicted octanol–water partition coefficient (Wildman–Crippen LogP) is 2.82. The molecule has 24 heavy (non-hydrogen) atoms. The maximum absolute atomic E-state index is 13.9. The Kier molecular flexibility index (Phi) is 6.19. The van der Waals surface area contributed by atoms with Gasteiger partial charge in [0, 0.05) is 5.56 Å². The van der Waals surface area contributed by atoms with Gasteiger partial charge in [0.15, 0.2) is 0 Å². The second kappa shape index (κ2) is 8.34. The van der Waals surface area contributed by atoms with E-state index in [1.807, 2.05) is 12.0 Å². The van der Waals surface area contributed by atoms with Gasteiger partial charge in [-0.25, -0.2) is 0 Å². The molecule has 1 atom stereocenters. The summed E-state index contributed by atoms with van der Waals surface area (Å²) in [6.07, 6.45) is -2.25. The van der Waals surface area contributed by atoms with Crippen LogP contribution in [0.2, 0.25) is 0 Å². The molecule has 0 fully saturated rings. The topological polar surface area (TPSA) is 46.5 Å². The molecule has 0 aliphatic rings. The molecular formula is C19H16F2O3. The van der Waals surface area contributed by atoms with E-state index in [2.05, 4.69) is 5.92 Å². The summed E-state index contributed by atoms with van der Waals surface area (Å²) in [4.78, 5) is 11.6. The molecule has 0 radical (unpaired) electrons. The van der Waals surface area contributed by atoms with E-state index in [0.29, 0.717) is 5.56 Å². The summed E-state index contributed by atoms with van der Waals surface area (Å²) >= 11 is 0. The summed E-state index contributed by atoms with van der Waals surface area (Å²) in [5.74, 6) is -1.39. The Labute approximate surface area is 138 Å². The molecular weight excluding hydrogens is 314 g/mol. The molecule has 3 nitrogen and oxygen atoms in total. The molecule has 0 aliphatic carbocycles. The van der Waals surface area contributed by atoms with Crippen LogP contribution in [0.15, 0.2) is 60.7 Å². The zero-order valence-corrected chi connectivity index (χ0v) is 12.8. The standard InChI is InChI=1S/C19H16F2O3/c20-19(21,17(22)12-11-15-7-3-1-4-8-15)18(23)14-24-13-16-9-5-2-6-10-16/h1-10,18,23H,13-14H2. The molecule has 1 N–H and O–H groups in total. The molecule has 124 valence electrons. The van der Waals surface area contributed by atoms with Crippen molar-refractivity contribution in [3.05, 3.63) is 71.8 Å². The molecule has 2 aromatic rings. The lowest BCUT2D eigenvalue weighted by molar-refractivity contribution is -0.162. The Morgan fingerprint density at radius 2 is 1.67 bits per heavy atom. The number of alkyl halides is 2. The average molecular weight is 330 g/mol. The number of hydrogen-bond acceptors (Lipinski definition) is 3. The summed E-state index contributed by atoms with van der Waals surface area (Å²) in [5, 5.41) is 9.56. The van der Waals surface area contributed by atoms with Crippen LogP contribution in [0.3, 0.4) is 0 Å². The summed E-state index contributed by atoms with van der Waals surface area (Å²) < 4.78 is 32.8. The van der Waals surface area contributed by atoms with E-state index in [-0.39, 0.29) is 6.61 Å². The number of carbonyl (C=O) groups is 1. The van der Waals surface area contributed by atoms with E-state index in [1.54, 1.807) is 54.6 Å². The van der Waals surface area contributed by atoms with E-state index >= 15 is 0 Å². The van der Waals surface area contributed by atoms with Crippen LogP contribution in [-0.2, 0) is 16.1 Å². The van der Waals surface area contributed by atoms with Crippen LogP contribution in [0.4, 0.5) is 8.78 Å². The molecule has 2 rings (SSSR count). The van der Waals surface area contributed by atoms with Crippen molar-refractivity contribution in [1.29, 1.82) is 0 Å². The Hall–Kier alpha value is -2.55. The van der Waals surface area contributed by atoms with Crippen molar-refractivity contribution in [2.75, 3.05) is 6.61 Å². The van der Waals surface area contributed by atoms with Crippen LogP contribution >= 0.6 is 0 Å². The maximum Gasteiger partial charge on any atom is 0.344 e. The lowest BCUT2D eigenvalue weighted by atomic mass is 10.1. The minimum atomic E-state index is -3.99. The SMILES string of the molecule is O=C(C#Cc1ccccc1)C(F)(F)C(O)COCc1ccccc1. The van der Waals surface area contributed by atoms with Crippen LogP contribution in [0.1, 0.15) is 11.1 Å². The van der Waals surface area contributed by atoms with Crippen LogP contribution < -0.4 is 0 Å². The normalized spacial score (nSPS) is 12.1. The van der Waals surface area contributed by atoms with Gasteiger partial charge in [-0.3, -0.25) is 4.79 Å². The molecule has 0 saturated heterocycles. The molecule has 0 aromatic heterocycles. The molecule has 0 spiro atoms. The second-order valence-corrected chi connectivity index (χ2v) is 5.08. The summed E-state index contributed by atoms with van der Waals surface area (Å²) in [6, 6.07) is 17.2. The smallest absolute Gasteiger partial charge is 0.344 e. The third-order valence-electron chi connectivity index (χ3n) is 3.20. The van der Waals surface area contributed by atoms with Gasteiger partial charge in [0.25, 0.3) is 5.78 Å². The minimum Gasteiger partial charge on any atom is -0.384 e. The number of Topliss-reactive ketones (excluding diaryl/α,β-unsaturated/α-hetero) is 1. The summed E-state index contributed by atoms with van der Waals surface area (Å²) in [7, 11) is 0. The van der Waals surface area contributed by atoms with Gasteiger partial charge in [-0.05, 0) is 23.6 Å². The van der Waals surface area contributed by atoms with E-state index in [9.17, 15) is 18.7 Å². The van der Waals surface area contributed by atoms with Gasteiger partial charge in [0.2, 0.25) is 0 Å². The number of aliphatic hydroxyl groups excluding tert-OH is 1. The lowest BCUT2D eigenvalue weighted by Crippen LogP contribution is -2.43. The van der Waals surface area contributed by atoms with Gasteiger partial charge in [-0.2, -0.15) is 8.78 Å². The number of aliphatic hydroxyl groups is 1. The molecule has 1 unspecified atom stereocenters. The van der Waals surface area contributed by atoms with Crippen LogP contribution in [-0.4, -0.2) is 29.5 Å². The highest BCUT2D eigenvalue weighted by atomic mass is 19.3. The Bertz CT molecular complexity index is 719. The van der Waals surface area contributed by atoms with Gasteiger partial charge in [0.05, 0.1) is 13.2 Å². The van der Waals surface area contributed by atoms with Gasteiger partial charge < -0.3 is 9.84 Å². The van der Waals surface area contributed by atoms with Crippen molar-refractivity contribution in [3.63, 3.8) is 0 Å². The third kappa shape index (κ3) is 4.98. The van der Waals surface area contributed by atoms with Gasteiger partial charge in [-0.1, -0.05) is 54.5 Å². The Balaban J connectivity index is 1.90. The molecule has 0 bridgehead atoms. The van der Waals surface area contributed by atoms with Crippen LogP contribution in [0.25, 0.3) is 0 Å². The molecule has 2 aromatic carbocycles. The van der Waals surface area contributed by atoms with Gasteiger partial charge in [-0.15, -0.1) is 0 Å². The first kappa shape index (κ1) is 17.8. The van der Waals surface area contributed by atoms with Crippen molar-refractivity contribution in [2.45, 2.75) is 18.6 Å². The zero-order chi connectivity index (χ0) is 17.4. The minimum absolute atomic E-state index is 0.0673. The summed E-state index contributed by atoms with van der Waals surface area (Å²) in [5.41, 5.74) is 1.22. The second-order valence-electron chi connectivity index (χ2n) is 5.08. The van der Waals surface area contributed by atoms with E-state index in [0.717, 1.165) is 5.56 Å². The zero-order valence-electron chi connectivity index (χ0n) is 12.8. The Morgan fingerprint density at radius 3 is 2.29 bits per heavy atom. The predicted molar refractivity (Wildman–Crippen MR) is 85.4 cm³/mol. The first-order chi connectivity index (χ1) is 11.5. The number of hydrogen-bond donors (Lipinski definition) is 1. The van der Waals surface area contributed by atoms with E-state index < -0.39 is 24.4 Å². The fraction of sp³-hybridized carbons (Fsp3) is 0.211. The molecule has 0 aliphatic heterocycles. The van der Waals surface area contributed by atoms with Crippen LogP contribution in [0, 0.1) is 11.8 Å². The molecule has 0 heterocycles. The van der Waals surface area contributed by atoms with Gasteiger partial charge >= 0.3 is 5.92 Å². The largest absolute Gasteiger partial charge is 0.384 e. The molecule has 5 heteroatoms. The highest BCUT2D eigenvalue weighted by Crippen LogP contribution is 2.20. The maximum atomic E-state index is 13.9. The molecule has 0 amide bonds. The number of ketones is 1. The third-order valence-corrected chi connectivity index (χ3v) is 3.20. The van der Waals surface area contributed by atoms with E-state index in [1.165, 1.54) is 0 Å².